The maximum absolute atomic E-state index is 11.3. The number of ether oxygens (including phenoxy) is 1. The zero-order chi connectivity index (χ0) is 13.5. The van der Waals surface area contributed by atoms with E-state index < -0.39 is 5.60 Å². The molecule has 5 nitrogen and oxygen atoms in total. The second kappa shape index (κ2) is 7.27. The van der Waals surface area contributed by atoms with Crippen LogP contribution >= 0.6 is 0 Å². The Labute approximate surface area is 103 Å². The van der Waals surface area contributed by atoms with E-state index in [-0.39, 0.29) is 24.5 Å². The SMILES string of the molecule is CC(C)NC(=O)CCNCC(=O)OC(C)(C)C. The molecule has 0 aromatic heterocycles. The lowest BCUT2D eigenvalue weighted by atomic mass is 10.2. The van der Waals surface area contributed by atoms with E-state index in [1.165, 1.54) is 0 Å². The van der Waals surface area contributed by atoms with E-state index >= 15 is 0 Å². The van der Waals surface area contributed by atoms with Crippen molar-refractivity contribution in [3.8, 4) is 0 Å². The average molecular weight is 244 g/mol. The van der Waals surface area contributed by atoms with Crippen LogP contribution in [0.1, 0.15) is 41.0 Å². The first-order valence-corrected chi connectivity index (χ1v) is 5.92. The number of rotatable bonds is 6. The molecule has 0 aromatic rings. The van der Waals surface area contributed by atoms with Gasteiger partial charge >= 0.3 is 5.97 Å². The van der Waals surface area contributed by atoms with Gasteiger partial charge in [0.05, 0.1) is 6.54 Å². The van der Waals surface area contributed by atoms with Crippen LogP contribution in [0, 0.1) is 0 Å². The van der Waals surface area contributed by atoms with Crippen LogP contribution in [0.15, 0.2) is 0 Å². The van der Waals surface area contributed by atoms with Gasteiger partial charge in [0.2, 0.25) is 5.91 Å². The van der Waals surface area contributed by atoms with Crippen LogP contribution in [0.4, 0.5) is 0 Å². The number of carbonyl (C=O) groups is 2. The third-order valence-corrected chi connectivity index (χ3v) is 1.67. The van der Waals surface area contributed by atoms with Crippen molar-refractivity contribution in [1.29, 1.82) is 0 Å². The Kier molecular flexibility index (Phi) is 6.80. The van der Waals surface area contributed by atoms with Gasteiger partial charge in [-0.2, -0.15) is 0 Å². The molecule has 0 bridgehead atoms. The first kappa shape index (κ1) is 15.9. The van der Waals surface area contributed by atoms with Gasteiger partial charge in [0.15, 0.2) is 0 Å². The number of amides is 1. The minimum atomic E-state index is -0.465. The summed E-state index contributed by atoms with van der Waals surface area (Å²) < 4.78 is 5.11. The molecule has 0 unspecified atom stereocenters. The first-order valence-electron chi connectivity index (χ1n) is 5.92. The van der Waals surface area contributed by atoms with Crippen LogP contribution in [0.5, 0.6) is 0 Å². The second-order valence-electron chi connectivity index (χ2n) is 5.24. The lowest BCUT2D eigenvalue weighted by molar-refractivity contribution is -0.153. The first-order chi connectivity index (χ1) is 7.70. The highest BCUT2D eigenvalue weighted by Gasteiger charge is 2.15. The minimum Gasteiger partial charge on any atom is -0.459 e. The Morgan fingerprint density at radius 1 is 1.24 bits per heavy atom. The van der Waals surface area contributed by atoms with Gasteiger partial charge in [-0.25, -0.2) is 0 Å². The van der Waals surface area contributed by atoms with Crippen molar-refractivity contribution in [2.45, 2.75) is 52.7 Å². The fraction of sp³-hybridized carbons (Fsp3) is 0.833. The van der Waals surface area contributed by atoms with Gasteiger partial charge < -0.3 is 15.4 Å². The zero-order valence-corrected chi connectivity index (χ0v) is 11.4. The molecule has 100 valence electrons. The summed E-state index contributed by atoms with van der Waals surface area (Å²) in [6, 6.07) is 0.147. The molecule has 0 fully saturated rings. The molecule has 0 aliphatic heterocycles. The third kappa shape index (κ3) is 11.2. The van der Waals surface area contributed by atoms with Gasteiger partial charge in [-0.1, -0.05) is 0 Å². The summed E-state index contributed by atoms with van der Waals surface area (Å²) in [4.78, 5) is 22.6. The molecule has 0 heterocycles. The molecule has 5 heteroatoms. The monoisotopic (exact) mass is 244 g/mol. The molecule has 0 saturated heterocycles. The lowest BCUT2D eigenvalue weighted by Gasteiger charge is -2.19. The van der Waals surface area contributed by atoms with Crippen molar-refractivity contribution in [3.63, 3.8) is 0 Å². The molecule has 0 radical (unpaired) electrons. The molecule has 0 aliphatic carbocycles. The summed E-state index contributed by atoms with van der Waals surface area (Å²) in [7, 11) is 0. The summed E-state index contributed by atoms with van der Waals surface area (Å²) in [5.41, 5.74) is -0.465. The maximum Gasteiger partial charge on any atom is 0.320 e. The topological polar surface area (TPSA) is 67.4 Å². The van der Waals surface area contributed by atoms with Gasteiger partial charge in [0.25, 0.3) is 0 Å². The van der Waals surface area contributed by atoms with Crippen molar-refractivity contribution >= 4 is 11.9 Å². The molecule has 0 saturated carbocycles. The second-order valence-corrected chi connectivity index (χ2v) is 5.24. The summed E-state index contributed by atoms with van der Waals surface area (Å²) in [5, 5.41) is 5.65. The molecule has 0 atom stereocenters. The quantitative estimate of drug-likeness (QED) is 0.536. The number of hydrogen-bond acceptors (Lipinski definition) is 4. The number of hydrogen-bond donors (Lipinski definition) is 2. The van der Waals surface area contributed by atoms with Gasteiger partial charge in [0.1, 0.15) is 5.60 Å². The van der Waals surface area contributed by atoms with Gasteiger partial charge in [-0.15, -0.1) is 0 Å². The van der Waals surface area contributed by atoms with Crippen LogP contribution in [0.3, 0.4) is 0 Å². The highest BCUT2D eigenvalue weighted by molar-refractivity contribution is 5.76. The maximum atomic E-state index is 11.3. The van der Waals surface area contributed by atoms with Gasteiger partial charge in [-0.05, 0) is 34.6 Å². The number of nitrogens with one attached hydrogen (secondary N) is 2. The molecule has 0 aliphatic rings. The minimum absolute atomic E-state index is 0.0170. The molecule has 0 rings (SSSR count). The summed E-state index contributed by atoms with van der Waals surface area (Å²) in [6.07, 6.45) is 0.362. The van der Waals surface area contributed by atoms with E-state index in [0.717, 1.165) is 0 Å². The van der Waals surface area contributed by atoms with Crippen LogP contribution in [-0.2, 0) is 14.3 Å². The summed E-state index contributed by atoms with van der Waals surface area (Å²) in [6.45, 7) is 9.88. The van der Waals surface area contributed by atoms with E-state index in [2.05, 4.69) is 10.6 Å². The molecule has 1 amide bonds. The zero-order valence-electron chi connectivity index (χ0n) is 11.4. The van der Waals surface area contributed by atoms with Gasteiger partial charge in [0, 0.05) is 19.0 Å². The third-order valence-electron chi connectivity index (χ3n) is 1.67. The van der Waals surface area contributed by atoms with Crippen molar-refractivity contribution in [1.82, 2.24) is 10.6 Å². The van der Waals surface area contributed by atoms with Crippen LogP contribution in [0.2, 0.25) is 0 Å². The molecule has 17 heavy (non-hydrogen) atoms. The Bertz CT molecular complexity index is 257. The molecule has 0 aromatic carbocycles. The number of esters is 1. The summed E-state index contributed by atoms with van der Waals surface area (Å²) >= 11 is 0. The Morgan fingerprint density at radius 3 is 2.29 bits per heavy atom. The summed E-state index contributed by atoms with van der Waals surface area (Å²) in [5.74, 6) is -0.321. The van der Waals surface area contributed by atoms with E-state index in [4.69, 9.17) is 4.74 Å². The highest BCUT2D eigenvalue weighted by atomic mass is 16.6. The van der Waals surface area contributed by atoms with Crippen LogP contribution < -0.4 is 10.6 Å². The molecule has 2 N–H and O–H groups in total. The standard InChI is InChI=1S/C12H24N2O3/c1-9(2)14-10(15)6-7-13-8-11(16)17-12(3,4)5/h9,13H,6-8H2,1-5H3,(H,14,15). The van der Waals surface area contributed by atoms with E-state index in [1.54, 1.807) is 0 Å². The largest absolute Gasteiger partial charge is 0.459 e. The van der Waals surface area contributed by atoms with Crippen LogP contribution in [0.25, 0.3) is 0 Å². The number of carbonyl (C=O) groups excluding carboxylic acids is 2. The fourth-order valence-electron chi connectivity index (χ4n) is 1.16. The normalized spacial score (nSPS) is 11.4. The van der Waals surface area contributed by atoms with Crippen molar-refractivity contribution in [2.75, 3.05) is 13.1 Å². The van der Waals surface area contributed by atoms with E-state index in [9.17, 15) is 9.59 Å². The predicted molar refractivity (Wildman–Crippen MR) is 66.6 cm³/mol. The lowest BCUT2D eigenvalue weighted by Crippen LogP contribution is -2.35. The molecule has 0 spiro atoms. The van der Waals surface area contributed by atoms with E-state index in [0.29, 0.717) is 13.0 Å². The van der Waals surface area contributed by atoms with Crippen molar-refractivity contribution in [2.24, 2.45) is 0 Å². The Hall–Kier alpha value is -1.10. The van der Waals surface area contributed by atoms with Crippen molar-refractivity contribution in [3.05, 3.63) is 0 Å². The average Bonchev–Trinajstić information content (AvgIpc) is 2.08. The van der Waals surface area contributed by atoms with Crippen molar-refractivity contribution < 1.29 is 14.3 Å². The smallest absolute Gasteiger partial charge is 0.320 e. The predicted octanol–water partition coefficient (Wildman–Crippen LogP) is 0.832. The van der Waals surface area contributed by atoms with Gasteiger partial charge in [-0.3, -0.25) is 9.59 Å². The molecular formula is C12H24N2O3. The Balaban J connectivity index is 3.58. The Morgan fingerprint density at radius 2 is 1.82 bits per heavy atom. The highest BCUT2D eigenvalue weighted by Crippen LogP contribution is 2.05. The van der Waals surface area contributed by atoms with Crippen LogP contribution in [-0.4, -0.2) is 36.6 Å². The fourth-order valence-corrected chi connectivity index (χ4v) is 1.16. The van der Waals surface area contributed by atoms with E-state index in [1.807, 2.05) is 34.6 Å². The molecular weight excluding hydrogens is 220 g/mol.